The quantitative estimate of drug-likeness (QED) is 0.504. The van der Waals surface area contributed by atoms with Crippen molar-refractivity contribution in [2.45, 2.75) is 25.3 Å². The Hall–Kier alpha value is -3.52. The molecule has 3 aromatic rings. The molecule has 1 aliphatic rings. The second-order valence-electron chi connectivity index (χ2n) is 8.24. The monoisotopic (exact) mass is 465 g/mol. The highest BCUT2D eigenvalue weighted by Crippen LogP contribution is 2.33. The molecule has 0 radical (unpaired) electrons. The Morgan fingerprint density at radius 1 is 0.971 bits per heavy atom. The predicted octanol–water partition coefficient (Wildman–Crippen LogP) is 4.32. The Labute approximate surface area is 199 Å². The molecule has 1 saturated heterocycles. The lowest BCUT2D eigenvalue weighted by Gasteiger charge is -2.35. The minimum Gasteiger partial charge on any atom is -0.497 e. The summed E-state index contributed by atoms with van der Waals surface area (Å²) in [5.74, 6) is 2.36. The molecule has 2 aromatic carbocycles. The average molecular weight is 466 g/mol. The Kier molecular flexibility index (Phi) is 7.69. The summed E-state index contributed by atoms with van der Waals surface area (Å²) in [7, 11) is 4.87. The summed E-state index contributed by atoms with van der Waals surface area (Å²) in [4.78, 5) is 15.3. The van der Waals surface area contributed by atoms with E-state index in [0.29, 0.717) is 23.8 Å². The van der Waals surface area contributed by atoms with E-state index in [4.69, 9.17) is 18.7 Å². The number of ether oxygens (including phenoxy) is 3. The van der Waals surface area contributed by atoms with Crippen LogP contribution in [0, 0.1) is 0 Å². The molecule has 180 valence electrons. The zero-order valence-electron chi connectivity index (χ0n) is 19.9. The third kappa shape index (κ3) is 5.34. The molecule has 1 aliphatic heterocycles. The fourth-order valence-corrected chi connectivity index (χ4v) is 4.30. The van der Waals surface area contributed by atoms with Gasteiger partial charge in [0.05, 0.1) is 27.4 Å². The highest BCUT2D eigenvalue weighted by atomic mass is 16.5. The fraction of sp³-hybridized carbons (Fsp3) is 0.385. The molecule has 1 aromatic heterocycles. The van der Waals surface area contributed by atoms with E-state index in [9.17, 15) is 4.79 Å². The van der Waals surface area contributed by atoms with Crippen LogP contribution in [0.2, 0.25) is 0 Å². The van der Waals surface area contributed by atoms with Crippen LogP contribution < -0.4 is 19.5 Å². The number of nitrogens with zero attached hydrogens (tertiary/aromatic N) is 2. The molecule has 1 atom stereocenters. The number of likely N-dealkylation sites (tertiary alicyclic amines) is 1. The fourth-order valence-electron chi connectivity index (χ4n) is 4.30. The van der Waals surface area contributed by atoms with Crippen LogP contribution in [-0.2, 0) is 0 Å². The van der Waals surface area contributed by atoms with Crippen LogP contribution in [0.1, 0.15) is 41.4 Å². The van der Waals surface area contributed by atoms with Crippen molar-refractivity contribution in [3.8, 4) is 28.6 Å². The lowest BCUT2D eigenvalue weighted by molar-refractivity contribution is 0.0915. The molecule has 0 bridgehead atoms. The highest BCUT2D eigenvalue weighted by molar-refractivity contribution is 5.93. The largest absolute Gasteiger partial charge is 0.497 e. The lowest BCUT2D eigenvalue weighted by atomic mass is 10.0. The molecular weight excluding hydrogens is 434 g/mol. The van der Waals surface area contributed by atoms with E-state index >= 15 is 0 Å². The second kappa shape index (κ2) is 11.1. The predicted molar refractivity (Wildman–Crippen MR) is 129 cm³/mol. The normalized spacial score (nSPS) is 14.9. The average Bonchev–Trinajstić information content (AvgIpc) is 3.40. The first-order valence-electron chi connectivity index (χ1n) is 11.5. The zero-order chi connectivity index (χ0) is 23.9. The molecule has 1 fully saturated rings. The Balaban J connectivity index is 1.49. The summed E-state index contributed by atoms with van der Waals surface area (Å²) in [5, 5.41) is 7.03. The first-order valence-corrected chi connectivity index (χ1v) is 11.5. The molecule has 0 unspecified atom stereocenters. The summed E-state index contributed by atoms with van der Waals surface area (Å²) in [6, 6.07) is 15.0. The van der Waals surface area contributed by atoms with E-state index in [0.717, 1.165) is 42.8 Å². The van der Waals surface area contributed by atoms with Gasteiger partial charge >= 0.3 is 0 Å². The molecule has 8 nitrogen and oxygen atoms in total. The molecule has 0 spiro atoms. The number of piperidine rings is 1. The Morgan fingerprint density at radius 3 is 2.38 bits per heavy atom. The van der Waals surface area contributed by atoms with Gasteiger partial charge in [0.1, 0.15) is 5.75 Å². The van der Waals surface area contributed by atoms with Crippen molar-refractivity contribution in [3.05, 3.63) is 59.8 Å². The number of hydrogen-bond acceptors (Lipinski definition) is 7. The van der Waals surface area contributed by atoms with Crippen LogP contribution in [0.3, 0.4) is 0 Å². The number of aromatic nitrogens is 1. The van der Waals surface area contributed by atoms with Gasteiger partial charge in [-0.15, -0.1) is 0 Å². The number of hydrogen-bond donors (Lipinski definition) is 1. The van der Waals surface area contributed by atoms with E-state index in [1.165, 1.54) is 6.42 Å². The number of carbonyl (C=O) groups is 1. The van der Waals surface area contributed by atoms with Gasteiger partial charge in [-0.05, 0) is 67.9 Å². The van der Waals surface area contributed by atoms with E-state index < -0.39 is 0 Å². The molecule has 4 rings (SSSR count). The topological polar surface area (TPSA) is 86.1 Å². The van der Waals surface area contributed by atoms with Crippen LogP contribution in [0.5, 0.6) is 17.2 Å². The smallest absolute Gasteiger partial charge is 0.273 e. The summed E-state index contributed by atoms with van der Waals surface area (Å²) in [5.41, 5.74) is 2.14. The molecule has 1 amide bonds. The zero-order valence-corrected chi connectivity index (χ0v) is 19.9. The van der Waals surface area contributed by atoms with Gasteiger partial charge in [0, 0.05) is 18.2 Å². The maximum absolute atomic E-state index is 12.9. The van der Waals surface area contributed by atoms with E-state index in [-0.39, 0.29) is 17.6 Å². The minimum atomic E-state index is -0.272. The summed E-state index contributed by atoms with van der Waals surface area (Å²) < 4.78 is 21.5. The molecule has 1 N–H and O–H groups in total. The number of rotatable bonds is 9. The molecule has 2 heterocycles. The van der Waals surface area contributed by atoms with Gasteiger partial charge in [-0.1, -0.05) is 17.6 Å². The number of carbonyl (C=O) groups excluding carboxylic acids is 1. The minimum absolute atomic E-state index is 0.0111. The maximum atomic E-state index is 12.9. The molecule has 0 saturated carbocycles. The van der Waals surface area contributed by atoms with Gasteiger partial charge < -0.3 is 24.1 Å². The first-order chi connectivity index (χ1) is 16.6. The maximum Gasteiger partial charge on any atom is 0.273 e. The standard InChI is InChI=1S/C26H31N3O5/c1-31-20-10-7-18(8-11-20)24-16-21(28-34-24)26(30)27-17-22(29-13-5-4-6-14-29)19-9-12-23(32-2)25(15-19)33-3/h7-12,15-16,22H,4-6,13-14,17H2,1-3H3,(H,27,30)/t22-/m1/s1. The molecule has 34 heavy (non-hydrogen) atoms. The van der Waals surface area contributed by atoms with E-state index in [2.05, 4.69) is 15.4 Å². The van der Waals surface area contributed by atoms with Gasteiger partial charge in [-0.3, -0.25) is 9.69 Å². The Bertz CT molecular complexity index is 1090. The third-order valence-corrected chi connectivity index (χ3v) is 6.20. The van der Waals surface area contributed by atoms with Gasteiger partial charge in [0.25, 0.3) is 5.91 Å². The van der Waals surface area contributed by atoms with Gasteiger partial charge in [0.2, 0.25) is 0 Å². The second-order valence-corrected chi connectivity index (χ2v) is 8.24. The molecular formula is C26H31N3O5. The van der Waals surface area contributed by atoms with Crippen molar-refractivity contribution < 1.29 is 23.5 Å². The number of methoxy groups -OCH3 is 3. The van der Waals surface area contributed by atoms with Crippen LogP contribution >= 0.6 is 0 Å². The van der Waals surface area contributed by atoms with Gasteiger partial charge in [-0.2, -0.15) is 0 Å². The van der Waals surface area contributed by atoms with Crippen LogP contribution in [0.25, 0.3) is 11.3 Å². The van der Waals surface area contributed by atoms with Gasteiger partial charge in [-0.25, -0.2) is 0 Å². The Morgan fingerprint density at radius 2 is 1.71 bits per heavy atom. The number of amides is 1. The van der Waals surface area contributed by atoms with Crippen molar-refractivity contribution in [1.82, 2.24) is 15.4 Å². The van der Waals surface area contributed by atoms with Crippen molar-refractivity contribution in [1.29, 1.82) is 0 Å². The van der Waals surface area contributed by atoms with E-state index in [1.54, 1.807) is 27.4 Å². The van der Waals surface area contributed by atoms with Crippen molar-refractivity contribution in [2.75, 3.05) is 41.0 Å². The summed E-state index contributed by atoms with van der Waals surface area (Å²) >= 11 is 0. The van der Waals surface area contributed by atoms with Crippen molar-refractivity contribution in [2.24, 2.45) is 0 Å². The van der Waals surface area contributed by atoms with E-state index in [1.807, 2.05) is 42.5 Å². The summed E-state index contributed by atoms with van der Waals surface area (Å²) in [6.07, 6.45) is 3.52. The lowest BCUT2D eigenvalue weighted by Crippen LogP contribution is -2.40. The number of benzene rings is 2. The summed E-state index contributed by atoms with van der Waals surface area (Å²) in [6.45, 7) is 2.42. The number of nitrogens with one attached hydrogen (secondary N) is 1. The molecule has 0 aliphatic carbocycles. The van der Waals surface area contributed by atoms with Crippen molar-refractivity contribution in [3.63, 3.8) is 0 Å². The SMILES string of the molecule is COc1ccc(-c2cc(C(=O)NC[C@H](c3ccc(OC)c(OC)c3)N3CCCCC3)no2)cc1. The third-order valence-electron chi connectivity index (χ3n) is 6.20. The van der Waals surface area contributed by atoms with Crippen LogP contribution in [0.15, 0.2) is 53.1 Å². The van der Waals surface area contributed by atoms with Crippen LogP contribution in [-0.4, -0.2) is 56.9 Å². The highest BCUT2D eigenvalue weighted by Gasteiger charge is 2.25. The van der Waals surface area contributed by atoms with Crippen LogP contribution in [0.4, 0.5) is 0 Å². The first kappa shape index (κ1) is 23.6. The molecule has 8 heteroatoms. The van der Waals surface area contributed by atoms with Crippen molar-refractivity contribution >= 4 is 5.91 Å². The van der Waals surface area contributed by atoms with Gasteiger partial charge in [0.15, 0.2) is 23.0 Å².